The molecule has 0 N–H and O–H groups in total. The summed E-state index contributed by atoms with van der Waals surface area (Å²) in [5.41, 5.74) is 1.39. The second-order valence-corrected chi connectivity index (χ2v) is 8.27. The van der Waals surface area contributed by atoms with Gasteiger partial charge < -0.3 is 14.2 Å². The number of aryl methyl sites for hydroxylation is 1. The summed E-state index contributed by atoms with van der Waals surface area (Å²) in [5.74, 6) is 2.12. The van der Waals surface area contributed by atoms with Crippen molar-refractivity contribution in [2.24, 2.45) is 5.92 Å². The van der Waals surface area contributed by atoms with Crippen LogP contribution in [0.1, 0.15) is 36.5 Å². The van der Waals surface area contributed by atoms with Crippen LogP contribution in [-0.2, 0) is 17.7 Å². The van der Waals surface area contributed by atoms with E-state index < -0.39 is 0 Å². The topological polar surface area (TPSA) is 54.6 Å². The van der Waals surface area contributed by atoms with Crippen molar-refractivity contribution < 1.29 is 9.26 Å². The highest BCUT2D eigenvalue weighted by molar-refractivity contribution is 5.14. The third-order valence-electron chi connectivity index (χ3n) is 5.79. The van der Waals surface area contributed by atoms with Gasteiger partial charge in [-0.15, -0.1) is 0 Å². The lowest BCUT2D eigenvalue weighted by atomic mass is 9.94. The third-order valence-corrected chi connectivity index (χ3v) is 5.79. The molecule has 2 fully saturated rings. The van der Waals surface area contributed by atoms with E-state index in [1.165, 1.54) is 24.9 Å². The van der Waals surface area contributed by atoms with Gasteiger partial charge in [-0.3, -0.25) is 4.90 Å². The van der Waals surface area contributed by atoms with E-state index in [9.17, 15) is 0 Å². The first kappa shape index (κ1) is 19.6. The van der Waals surface area contributed by atoms with Gasteiger partial charge in [0, 0.05) is 52.7 Å². The van der Waals surface area contributed by atoms with Gasteiger partial charge in [-0.25, -0.2) is 0 Å². The van der Waals surface area contributed by atoms with Crippen LogP contribution in [0.3, 0.4) is 0 Å². The number of benzene rings is 1. The van der Waals surface area contributed by atoms with Crippen LogP contribution in [0.25, 0.3) is 0 Å². The third kappa shape index (κ3) is 5.63. The van der Waals surface area contributed by atoms with Gasteiger partial charge in [0.1, 0.15) is 0 Å². The lowest BCUT2D eigenvalue weighted by Crippen LogP contribution is -2.44. The lowest BCUT2D eigenvalue weighted by molar-refractivity contribution is 0.0156. The number of likely N-dealkylation sites (tertiary alicyclic amines) is 1. The molecule has 0 unspecified atom stereocenters. The smallest absolute Gasteiger partial charge is 0.223 e. The summed E-state index contributed by atoms with van der Waals surface area (Å²) in [6.07, 6.45) is 4.80. The van der Waals surface area contributed by atoms with E-state index in [-0.39, 0.29) is 6.10 Å². The van der Waals surface area contributed by atoms with Gasteiger partial charge in [0.15, 0.2) is 5.82 Å². The Morgan fingerprint density at radius 3 is 2.75 bits per heavy atom. The summed E-state index contributed by atoms with van der Waals surface area (Å²) < 4.78 is 11.3. The zero-order valence-corrected chi connectivity index (χ0v) is 16.9. The molecule has 28 heavy (non-hydrogen) atoms. The molecule has 4 rings (SSSR count). The zero-order chi connectivity index (χ0) is 19.2. The summed E-state index contributed by atoms with van der Waals surface area (Å²) in [6.45, 7) is 9.16. The summed E-state index contributed by atoms with van der Waals surface area (Å²) in [5, 5.41) is 4.08. The predicted molar refractivity (Wildman–Crippen MR) is 108 cm³/mol. The Hall–Kier alpha value is -1.76. The molecule has 2 aromatic rings. The van der Waals surface area contributed by atoms with Gasteiger partial charge >= 0.3 is 0 Å². The van der Waals surface area contributed by atoms with Crippen LogP contribution < -0.4 is 0 Å². The number of hydrogen-bond acceptors (Lipinski definition) is 6. The standard InChI is InChI=1S/C22H32N4O2/c1-18-23-22(24-28-18)13-20-9-5-10-25(15-20)16-21-17-26(11-6-12-27-21)14-19-7-3-2-4-8-19/h2-4,7-8,20-21H,5-6,9-17H2,1H3/t20-,21+/m0/s1. The molecule has 6 heteroatoms. The van der Waals surface area contributed by atoms with Crippen molar-refractivity contribution in [1.29, 1.82) is 0 Å². The summed E-state index contributed by atoms with van der Waals surface area (Å²) in [7, 11) is 0. The molecule has 0 radical (unpaired) electrons. The molecule has 1 aromatic heterocycles. The van der Waals surface area contributed by atoms with Crippen molar-refractivity contribution >= 4 is 0 Å². The second-order valence-electron chi connectivity index (χ2n) is 8.27. The van der Waals surface area contributed by atoms with Crippen molar-refractivity contribution in [3.63, 3.8) is 0 Å². The van der Waals surface area contributed by atoms with Crippen molar-refractivity contribution in [2.75, 3.05) is 39.3 Å². The monoisotopic (exact) mass is 384 g/mol. The Morgan fingerprint density at radius 1 is 1.07 bits per heavy atom. The van der Waals surface area contributed by atoms with Crippen molar-refractivity contribution in [1.82, 2.24) is 19.9 Å². The van der Waals surface area contributed by atoms with Crippen LogP contribution in [0, 0.1) is 12.8 Å². The average Bonchev–Trinajstić information content (AvgIpc) is 2.97. The number of piperidine rings is 1. The number of nitrogens with zero attached hydrogens (tertiary/aromatic N) is 4. The average molecular weight is 385 g/mol. The Labute approximate surface area is 167 Å². The van der Waals surface area contributed by atoms with Gasteiger partial charge in [0.25, 0.3) is 0 Å². The molecule has 1 aromatic carbocycles. The largest absolute Gasteiger partial charge is 0.376 e. The van der Waals surface area contributed by atoms with Gasteiger partial charge in [0.05, 0.1) is 6.10 Å². The molecule has 152 valence electrons. The Kier molecular flexibility index (Phi) is 6.73. The fraction of sp³-hybridized carbons (Fsp3) is 0.636. The fourth-order valence-corrected chi connectivity index (χ4v) is 4.52. The minimum Gasteiger partial charge on any atom is -0.376 e. The Balaban J connectivity index is 1.29. The number of ether oxygens (including phenoxy) is 1. The molecule has 0 spiro atoms. The minimum absolute atomic E-state index is 0.289. The van der Waals surface area contributed by atoms with E-state index in [1.807, 2.05) is 6.92 Å². The molecular weight excluding hydrogens is 352 g/mol. The molecule has 6 nitrogen and oxygen atoms in total. The van der Waals surface area contributed by atoms with Crippen LogP contribution in [-0.4, -0.2) is 65.4 Å². The van der Waals surface area contributed by atoms with E-state index >= 15 is 0 Å². The number of hydrogen-bond donors (Lipinski definition) is 0. The second kappa shape index (κ2) is 9.63. The first-order valence-electron chi connectivity index (χ1n) is 10.6. The molecule has 0 bridgehead atoms. The van der Waals surface area contributed by atoms with E-state index in [4.69, 9.17) is 9.26 Å². The maximum Gasteiger partial charge on any atom is 0.223 e. The minimum atomic E-state index is 0.289. The molecule has 3 heterocycles. The maximum absolute atomic E-state index is 6.21. The van der Waals surface area contributed by atoms with Crippen molar-refractivity contribution in [2.45, 2.75) is 45.3 Å². The number of aromatic nitrogens is 2. The first-order valence-corrected chi connectivity index (χ1v) is 10.6. The molecule has 0 amide bonds. The molecular formula is C22H32N4O2. The Morgan fingerprint density at radius 2 is 1.93 bits per heavy atom. The van der Waals surface area contributed by atoms with Gasteiger partial charge in [-0.05, 0) is 37.3 Å². The summed E-state index contributed by atoms with van der Waals surface area (Å²) >= 11 is 0. The highest BCUT2D eigenvalue weighted by Gasteiger charge is 2.26. The van der Waals surface area contributed by atoms with E-state index in [0.717, 1.165) is 58.0 Å². The summed E-state index contributed by atoms with van der Waals surface area (Å²) in [4.78, 5) is 9.51. The fourth-order valence-electron chi connectivity index (χ4n) is 4.52. The normalized spacial score (nSPS) is 24.9. The molecule has 2 saturated heterocycles. The molecule has 2 aliphatic rings. The lowest BCUT2D eigenvalue weighted by Gasteiger charge is -2.35. The van der Waals surface area contributed by atoms with E-state index in [0.29, 0.717) is 11.8 Å². The molecule has 0 aliphatic carbocycles. The van der Waals surface area contributed by atoms with Crippen molar-refractivity contribution in [3.8, 4) is 0 Å². The van der Waals surface area contributed by atoms with E-state index in [1.54, 1.807) is 0 Å². The van der Waals surface area contributed by atoms with Gasteiger partial charge in [0.2, 0.25) is 5.89 Å². The van der Waals surface area contributed by atoms with Gasteiger partial charge in [-0.1, -0.05) is 35.5 Å². The van der Waals surface area contributed by atoms with Crippen molar-refractivity contribution in [3.05, 3.63) is 47.6 Å². The zero-order valence-electron chi connectivity index (χ0n) is 16.9. The molecule has 2 aliphatic heterocycles. The van der Waals surface area contributed by atoms with Gasteiger partial charge in [-0.2, -0.15) is 4.98 Å². The molecule has 2 atom stereocenters. The maximum atomic E-state index is 6.21. The quantitative estimate of drug-likeness (QED) is 0.763. The molecule has 0 saturated carbocycles. The SMILES string of the molecule is Cc1nc(C[C@@H]2CCCN(C[C@@H]3CN(Cc4ccccc4)CCCO3)C2)no1. The van der Waals surface area contributed by atoms with E-state index in [2.05, 4.69) is 50.3 Å². The van der Waals surface area contributed by atoms with Crippen LogP contribution >= 0.6 is 0 Å². The van der Waals surface area contributed by atoms with Crippen LogP contribution in [0.2, 0.25) is 0 Å². The van der Waals surface area contributed by atoms with Crippen LogP contribution in [0.5, 0.6) is 0 Å². The summed E-state index contributed by atoms with van der Waals surface area (Å²) in [6, 6.07) is 10.8. The highest BCUT2D eigenvalue weighted by atomic mass is 16.5. The van der Waals surface area contributed by atoms with Crippen LogP contribution in [0.4, 0.5) is 0 Å². The number of rotatable bonds is 6. The Bertz CT molecular complexity index is 720. The first-order chi connectivity index (χ1) is 13.7. The predicted octanol–water partition coefficient (Wildman–Crippen LogP) is 2.92. The highest BCUT2D eigenvalue weighted by Crippen LogP contribution is 2.21. The van der Waals surface area contributed by atoms with Crippen LogP contribution in [0.15, 0.2) is 34.9 Å².